The predicted octanol–water partition coefficient (Wildman–Crippen LogP) is 2.38. The zero-order chi connectivity index (χ0) is 20.4. The second-order valence-electron chi connectivity index (χ2n) is 8.21. The molecule has 2 fully saturated rings. The van der Waals surface area contributed by atoms with Crippen LogP contribution in [0.25, 0.3) is 0 Å². The van der Waals surface area contributed by atoms with Gasteiger partial charge in [0.15, 0.2) is 12.1 Å². The van der Waals surface area contributed by atoms with Crippen molar-refractivity contribution < 1.29 is 14.0 Å². The van der Waals surface area contributed by atoms with Crippen LogP contribution in [0.5, 0.6) is 0 Å². The first-order chi connectivity index (χ1) is 14.0. The van der Waals surface area contributed by atoms with E-state index < -0.39 is 0 Å². The van der Waals surface area contributed by atoms with E-state index in [9.17, 15) is 9.59 Å². The van der Waals surface area contributed by atoms with Crippen molar-refractivity contribution >= 4 is 11.8 Å². The van der Waals surface area contributed by atoms with Crippen LogP contribution < -0.4 is 0 Å². The van der Waals surface area contributed by atoms with Gasteiger partial charge in [-0.15, -0.1) is 0 Å². The number of aryl methyl sites for hydroxylation is 2. The highest BCUT2D eigenvalue weighted by Crippen LogP contribution is 2.39. The summed E-state index contributed by atoms with van der Waals surface area (Å²) in [5.74, 6) is 0.710. The summed E-state index contributed by atoms with van der Waals surface area (Å²) in [6.07, 6.45) is 8.70. The molecule has 2 aliphatic rings. The number of likely N-dealkylation sites (tertiary alicyclic amines) is 2. The Morgan fingerprint density at radius 2 is 2.07 bits per heavy atom. The number of hydrogen-bond acceptors (Lipinski definition) is 6. The van der Waals surface area contributed by atoms with Crippen molar-refractivity contribution in [2.45, 2.75) is 52.5 Å². The van der Waals surface area contributed by atoms with E-state index in [0.29, 0.717) is 50.5 Å². The first kappa shape index (κ1) is 19.5. The van der Waals surface area contributed by atoms with Crippen LogP contribution in [-0.4, -0.2) is 56.2 Å². The number of piperidine rings is 2. The Hall–Kier alpha value is -2.77. The Morgan fingerprint density at radius 1 is 1.21 bits per heavy atom. The van der Waals surface area contributed by atoms with E-state index in [2.05, 4.69) is 15.0 Å². The van der Waals surface area contributed by atoms with Crippen LogP contribution in [0.3, 0.4) is 0 Å². The monoisotopic (exact) mass is 397 g/mol. The molecule has 0 radical (unpaired) electrons. The third kappa shape index (κ3) is 4.02. The number of nitrogens with zero attached hydrogens (tertiary/aromatic N) is 5. The lowest BCUT2D eigenvalue weighted by atomic mass is 9.73. The number of rotatable bonds is 4. The summed E-state index contributed by atoms with van der Waals surface area (Å²) in [6, 6.07) is 0. The molecule has 8 heteroatoms. The van der Waals surface area contributed by atoms with Crippen molar-refractivity contribution in [3.05, 3.63) is 41.6 Å². The fraction of sp³-hybridized carbons (Fsp3) is 0.571. The normalized spacial score (nSPS) is 22.3. The molecule has 2 aromatic rings. The molecule has 0 N–H and O–H groups in total. The van der Waals surface area contributed by atoms with Crippen LogP contribution in [0.1, 0.15) is 60.2 Å². The van der Waals surface area contributed by atoms with Crippen LogP contribution in [-0.2, 0) is 17.8 Å². The summed E-state index contributed by atoms with van der Waals surface area (Å²) in [5.41, 5.74) is 2.00. The van der Waals surface area contributed by atoms with Crippen molar-refractivity contribution in [1.29, 1.82) is 0 Å². The molecule has 2 aromatic heterocycles. The van der Waals surface area contributed by atoms with Gasteiger partial charge in [0.1, 0.15) is 5.76 Å². The van der Waals surface area contributed by atoms with Gasteiger partial charge in [-0.2, -0.15) is 0 Å². The Labute approximate surface area is 170 Å². The number of hydrogen-bond donors (Lipinski definition) is 0. The van der Waals surface area contributed by atoms with Crippen LogP contribution >= 0.6 is 0 Å². The second-order valence-corrected chi connectivity index (χ2v) is 8.21. The molecular formula is C21H27N5O3. The molecule has 1 unspecified atom stereocenters. The maximum absolute atomic E-state index is 13.0. The minimum absolute atomic E-state index is 0.0671. The molecule has 0 bridgehead atoms. The van der Waals surface area contributed by atoms with E-state index in [0.717, 1.165) is 30.7 Å². The van der Waals surface area contributed by atoms with Gasteiger partial charge in [-0.25, -0.2) is 4.98 Å². The average molecular weight is 397 g/mol. The predicted molar refractivity (Wildman–Crippen MR) is 105 cm³/mol. The Balaban J connectivity index is 1.48. The Bertz CT molecular complexity index is 894. The van der Waals surface area contributed by atoms with Gasteiger partial charge in [0, 0.05) is 44.1 Å². The minimum atomic E-state index is -0.0734. The molecule has 29 heavy (non-hydrogen) atoms. The first-order valence-corrected chi connectivity index (χ1v) is 10.3. The molecule has 2 amide bonds. The molecule has 2 saturated heterocycles. The standard InChI is InChI=1S/C21H27N5O3/c1-3-17-19(24-14-29-17)20(28)25-8-4-6-21(12-25)7-5-18(27)26(13-21)11-16-10-22-15(2)9-23-16/h9-10,14H,3-8,11-13H2,1-2H3. The smallest absolute Gasteiger partial charge is 0.276 e. The summed E-state index contributed by atoms with van der Waals surface area (Å²) in [6.45, 7) is 6.31. The zero-order valence-electron chi connectivity index (χ0n) is 17.1. The summed E-state index contributed by atoms with van der Waals surface area (Å²) in [4.78, 5) is 42.2. The van der Waals surface area contributed by atoms with Crippen LogP contribution in [0.2, 0.25) is 0 Å². The van der Waals surface area contributed by atoms with Crippen LogP contribution in [0, 0.1) is 12.3 Å². The van der Waals surface area contributed by atoms with Crippen molar-refractivity contribution in [2.24, 2.45) is 5.41 Å². The lowest BCUT2D eigenvalue weighted by molar-refractivity contribution is -0.139. The summed E-state index contributed by atoms with van der Waals surface area (Å²) in [7, 11) is 0. The number of oxazole rings is 1. The molecule has 1 atom stereocenters. The maximum atomic E-state index is 13.0. The first-order valence-electron chi connectivity index (χ1n) is 10.3. The lowest BCUT2D eigenvalue weighted by Gasteiger charge is -2.48. The Kier molecular flexibility index (Phi) is 5.34. The van der Waals surface area contributed by atoms with E-state index in [1.165, 1.54) is 6.39 Å². The number of aromatic nitrogens is 3. The molecule has 0 aromatic carbocycles. The maximum Gasteiger partial charge on any atom is 0.276 e. The quantitative estimate of drug-likeness (QED) is 0.786. The fourth-order valence-corrected chi connectivity index (χ4v) is 4.50. The van der Waals surface area contributed by atoms with Crippen LogP contribution in [0.15, 0.2) is 23.2 Å². The van der Waals surface area contributed by atoms with Crippen LogP contribution in [0.4, 0.5) is 0 Å². The van der Waals surface area contributed by atoms with E-state index in [-0.39, 0.29) is 17.2 Å². The highest BCUT2D eigenvalue weighted by molar-refractivity contribution is 5.93. The molecule has 0 saturated carbocycles. The van der Waals surface area contributed by atoms with Gasteiger partial charge < -0.3 is 14.2 Å². The van der Waals surface area contributed by atoms with Crippen molar-refractivity contribution in [3.8, 4) is 0 Å². The highest BCUT2D eigenvalue weighted by atomic mass is 16.3. The fourth-order valence-electron chi connectivity index (χ4n) is 4.50. The van der Waals surface area contributed by atoms with E-state index in [1.807, 2.05) is 23.6 Å². The zero-order valence-corrected chi connectivity index (χ0v) is 17.1. The largest absolute Gasteiger partial charge is 0.448 e. The molecule has 1 spiro atoms. The number of carbonyl (C=O) groups excluding carboxylic acids is 2. The molecule has 8 nitrogen and oxygen atoms in total. The van der Waals surface area contributed by atoms with Crippen molar-refractivity contribution in [3.63, 3.8) is 0 Å². The Morgan fingerprint density at radius 3 is 2.83 bits per heavy atom. The minimum Gasteiger partial charge on any atom is -0.448 e. The van der Waals surface area contributed by atoms with Gasteiger partial charge in [0.25, 0.3) is 5.91 Å². The van der Waals surface area contributed by atoms with E-state index in [4.69, 9.17) is 4.42 Å². The summed E-state index contributed by atoms with van der Waals surface area (Å²) < 4.78 is 5.34. The lowest BCUT2D eigenvalue weighted by Crippen LogP contribution is -2.55. The number of amides is 2. The molecule has 154 valence electrons. The topological polar surface area (TPSA) is 92.4 Å². The third-order valence-electron chi connectivity index (χ3n) is 6.05. The molecular weight excluding hydrogens is 370 g/mol. The molecule has 4 heterocycles. The average Bonchev–Trinajstić information content (AvgIpc) is 3.21. The van der Waals surface area contributed by atoms with Gasteiger partial charge in [0.05, 0.1) is 24.1 Å². The van der Waals surface area contributed by atoms with Gasteiger partial charge in [-0.05, 0) is 26.2 Å². The highest BCUT2D eigenvalue weighted by Gasteiger charge is 2.43. The van der Waals surface area contributed by atoms with Crippen molar-refractivity contribution in [2.75, 3.05) is 19.6 Å². The third-order valence-corrected chi connectivity index (χ3v) is 6.05. The summed E-state index contributed by atoms with van der Waals surface area (Å²) in [5, 5.41) is 0. The number of carbonyl (C=O) groups is 2. The van der Waals surface area contributed by atoms with E-state index in [1.54, 1.807) is 12.4 Å². The van der Waals surface area contributed by atoms with E-state index >= 15 is 0 Å². The summed E-state index contributed by atoms with van der Waals surface area (Å²) >= 11 is 0. The second kappa shape index (κ2) is 7.93. The SMILES string of the molecule is CCc1ocnc1C(=O)N1CCCC2(CCC(=O)N(Cc3cnc(C)cn3)C2)C1. The van der Waals surface area contributed by atoms with Crippen molar-refractivity contribution in [1.82, 2.24) is 24.8 Å². The molecule has 4 rings (SSSR count). The van der Waals surface area contributed by atoms with Gasteiger partial charge in [0.2, 0.25) is 5.91 Å². The molecule has 0 aliphatic carbocycles. The molecule has 2 aliphatic heterocycles. The van der Waals surface area contributed by atoms with Gasteiger partial charge in [-0.3, -0.25) is 19.6 Å². The van der Waals surface area contributed by atoms with Gasteiger partial charge >= 0.3 is 0 Å². The van der Waals surface area contributed by atoms with Gasteiger partial charge in [-0.1, -0.05) is 6.92 Å².